The van der Waals surface area contributed by atoms with E-state index >= 15 is 0 Å². The van der Waals surface area contributed by atoms with Gasteiger partial charge in [0.25, 0.3) is 10.0 Å². The second-order valence-corrected chi connectivity index (χ2v) is 7.71. The number of carbonyl (C=O) groups is 1. The van der Waals surface area contributed by atoms with Gasteiger partial charge in [0, 0.05) is 5.02 Å². The van der Waals surface area contributed by atoms with Gasteiger partial charge in [-0.05, 0) is 29.6 Å². The van der Waals surface area contributed by atoms with E-state index < -0.39 is 22.5 Å². The molecule has 9 heteroatoms. The van der Waals surface area contributed by atoms with E-state index in [0.29, 0.717) is 15.7 Å². The van der Waals surface area contributed by atoms with Crippen molar-refractivity contribution in [2.45, 2.75) is 4.21 Å². The van der Waals surface area contributed by atoms with Crippen molar-refractivity contribution in [3.8, 4) is 0 Å². The van der Waals surface area contributed by atoms with Crippen LogP contribution in [0.3, 0.4) is 0 Å². The Morgan fingerprint density at radius 1 is 1.24 bits per heavy atom. The predicted molar refractivity (Wildman–Crippen MR) is 84.6 cm³/mol. The molecule has 2 aromatic rings. The smallest absolute Gasteiger partial charge is 0.250 e. The van der Waals surface area contributed by atoms with Crippen LogP contribution >= 0.6 is 34.5 Å². The molecule has 0 atom stereocenters. The molecule has 1 amide bonds. The Hall–Kier alpha value is -1.12. The van der Waals surface area contributed by atoms with Gasteiger partial charge in [0.15, 0.2) is 0 Å². The number of anilines is 1. The van der Waals surface area contributed by atoms with Crippen molar-refractivity contribution in [1.29, 1.82) is 0 Å². The van der Waals surface area contributed by atoms with Crippen LogP contribution in [0.15, 0.2) is 39.9 Å². The number of hydrogen-bond donors (Lipinski definition) is 2. The summed E-state index contributed by atoms with van der Waals surface area (Å²) in [4.78, 5) is 11.8. The number of sulfonamides is 1. The Kier molecular flexibility index (Phi) is 5.23. The monoisotopic (exact) mass is 364 g/mol. The van der Waals surface area contributed by atoms with Crippen molar-refractivity contribution in [2.24, 2.45) is 0 Å². The van der Waals surface area contributed by atoms with Gasteiger partial charge >= 0.3 is 0 Å². The van der Waals surface area contributed by atoms with E-state index in [1.165, 1.54) is 18.2 Å². The van der Waals surface area contributed by atoms with E-state index in [1.807, 2.05) is 0 Å². The van der Waals surface area contributed by atoms with Crippen molar-refractivity contribution in [2.75, 3.05) is 11.9 Å². The van der Waals surface area contributed by atoms with Crippen molar-refractivity contribution in [3.63, 3.8) is 0 Å². The summed E-state index contributed by atoms with van der Waals surface area (Å²) < 4.78 is 26.0. The fraction of sp³-hybridized carbons (Fsp3) is 0.0833. The topological polar surface area (TPSA) is 75.3 Å². The first-order valence-electron chi connectivity index (χ1n) is 5.66. The number of amides is 1. The molecule has 5 nitrogen and oxygen atoms in total. The summed E-state index contributed by atoms with van der Waals surface area (Å²) in [6.07, 6.45) is 0. The van der Waals surface area contributed by atoms with Gasteiger partial charge in [0.05, 0.1) is 17.3 Å². The second-order valence-electron chi connectivity index (χ2n) is 3.93. The Bertz CT molecular complexity index is 746. The Labute approximate surface area is 135 Å². The molecule has 2 N–H and O–H groups in total. The molecule has 0 unspecified atom stereocenters. The fourth-order valence-electron chi connectivity index (χ4n) is 1.44. The summed E-state index contributed by atoms with van der Waals surface area (Å²) in [6.45, 7) is -0.400. The van der Waals surface area contributed by atoms with Gasteiger partial charge < -0.3 is 5.32 Å². The molecular weight excluding hydrogens is 355 g/mol. The van der Waals surface area contributed by atoms with Crippen molar-refractivity contribution < 1.29 is 13.2 Å². The highest BCUT2D eigenvalue weighted by atomic mass is 35.5. The van der Waals surface area contributed by atoms with Gasteiger partial charge in [-0.3, -0.25) is 4.79 Å². The molecule has 0 bridgehead atoms. The summed E-state index contributed by atoms with van der Waals surface area (Å²) >= 11 is 12.8. The second kappa shape index (κ2) is 6.76. The summed E-state index contributed by atoms with van der Waals surface area (Å²) in [6, 6.07) is 7.67. The van der Waals surface area contributed by atoms with E-state index in [2.05, 4.69) is 10.0 Å². The molecule has 2 rings (SSSR count). The fourth-order valence-corrected chi connectivity index (χ4v) is 3.79. The van der Waals surface area contributed by atoms with Crippen LogP contribution in [0.1, 0.15) is 0 Å². The summed E-state index contributed by atoms with van der Waals surface area (Å²) in [7, 11) is -3.67. The van der Waals surface area contributed by atoms with E-state index in [4.69, 9.17) is 23.2 Å². The highest BCUT2D eigenvalue weighted by molar-refractivity contribution is 7.91. The number of hydrogen-bond acceptors (Lipinski definition) is 4. The average molecular weight is 365 g/mol. The van der Waals surface area contributed by atoms with Gasteiger partial charge in [-0.2, -0.15) is 0 Å². The van der Waals surface area contributed by atoms with Crippen LogP contribution in [0.2, 0.25) is 10.0 Å². The molecule has 0 fully saturated rings. The molecular formula is C12H10Cl2N2O3S2. The third kappa shape index (κ3) is 4.42. The van der Waals surface area contributed by atoms with E-state index in [1.54, 1.807) is 17.5 Å². The predicted octanol–water partition coefficient (Wildman–Crippen LogP) is 2.97. The lowest BCUT2D eigenvalue weighted by molar-refractivity contribution is -0.115. The number of thiophene rings is 1. The minimum Gasteiger partial charge on any atom is -0.324 e. The van der Waals surface area contributed by atoms with Crippen LogP contribution in [0.4, 0.5) is 5.69 Å². The van der Waals surface area contributed by atoms with Gasteiger partial charge in [-0.15, -0.1) is 11.3 Å². The Morgan fingerprint density at radius 3 is 2.67 bits per heavy atom. The highest BCUT2D eigenvalue weighted by Crippen LogP contribution is 2.25. The third-order valence-electron chi connectivity index (χ3n) is 2.39. The first kappa shape index (κ1) is 16.3. The molecule has 0 aliphatic rings. The molecule has 0 aliphatic heterocycles. The van der Waals surface area contributed by atoms with Gasteiger partial charge in [-0.25, -0.2) is 13.1 Å². The highest BCUT2D eigenvalue weighted by Gasteiger charge is 2.16. The zero-order valence-corrected chi connectivity index (χ0v) is 13.6. The van der Waals surface area contributed by atoms with Crippen LogP contribution in [0, 0.1) is 0 Å². The quantitative estimate of drug-likeness (QED) is 0.856. The first-order chi connectivity index (χ1) is 9.88. The lowest BCUT2D eigenvalue weighted by Gasteiger charge is -2.08. The molecule has 0 aliphatic carbocycles. The van der Waals surface area contributed by atoms with E-state index in [0.717, 1.165) is 11.3 Å². The van der Waals surface area contributed by atoms with Crippen molar-refractivity contribution in [1.82, 2.24) is 4.72 Å². The normalized spacial score (nSPS) is 11.3. The largest absolute Gasteiger partial charge is 0.324 e. The zero-order chi connectivity index (χ0) is 15.5. The summed E-state index contributed by atoms with van der Waals surface area (Å²) in [5.41, 5.74) is 0.324. The van der Waals surface area contributed by atoms with Crippen molar-refractivity contribution in [3.05, 3.63) is 45.8 Å². The van der Waals surface area contributed by atoms with Crippen LogP contribution < -0.4 is 10.0 Å². The number of nitrogens with one attached hydrogen (secondary N) is 2. The third-order valence-corrected chi connectivity index (χ3v) is 5.75. The molecule has 1 aromatic carbocycles. The van der Waals surface area contributed by atoms with Gasteiger partial charge in [0.1, 0.15) is 4.21 Å². The number of benzene rings is 1. The standard InChI is InChI=1S/C12H10Cl2N2O3S2/c13-8-3-4-9(14)10(6-8)16-11(17)7-15-21(18,19)12-2-1-5-20-12/h1-6,15H,7H2,(H,16,17). The number of rotatable bonds is 5. The molecule has 112 valence electrons. The molecule has 1 aromatic heterocycles. The Balaban J connectivity index is 1.98. The molecule has 0 radical (unpaired) electrons. The summed E-state index contributed by atoms with van der Waals surface area (Å²) in [5, 5.41) is 4.85. The van der Waals surface area contributed by atoms with E-state index in [9.17, 15) is 13.2 Å². The molecule has 21 heavy (non-hydrogen) atoms. The van der Waals surface area contributed by atoms with Crippen molar-refractivity contribution >= 4 is 56.2 Å². The minimum atomic E-state index is -3.67. The average Bonchev–Trinajstić information content (AvgIpc) is 2.96. The van der Waals surface area contributed by atoms with Crippen LogP contribution in [-0.2, 0) is 14.8 Å². The first-order valence-corrected chi connectivity index (χ1v) is 8.78. The maximum Gasteiger partial charge on any atom is 0.250 e. The number of halogens is 2. The Morgan fingerprint density at radius 2 is 2.00 bits per heavy atom. The zero-order valence-electron chi connectivity index (χ0n) is 10.5. The van der Waals surface area contributed by atoms with Crippen LogP contribution in [-0.4, -0.2) is 20.9 Å². The van der Waals surface area contributed by atoms with Gasteiger partial charge in [0.2, 0.25) is 5.91 Å². The lowest BCUT2D eigenvalue weighted by Crippen LogP contribution is -2.32. The lowest BCUT2D eigenvalue weighted by atomic mass is 10.3. The van der Waals surface area contributed by atoms with Crippen LogP contribution in [0.25, 0.3) is 0 Å². The maximum atomic E-state index is 11.8. The SMILES string of the molecule is O=C(CNS(=O)(=O)c1cccs1)Nc1cc(Cl)ccc1Cl. The summed E-state index contributed by atoms with van der Waals surface area (Å²) in [5.74, 6) is -0.542. The minimum absolute atomic E-state index is 0.149. The maximum absolute atomic E-state index is 11.8. The molecule has 0 saturated heterocycles. The van der Waals surface area contributed by atoms with Gasteiger partial charge in [-0.1, -0.05) is 29.3 Å². The molecule has 0 saturated carbocycles. The van der Waals surface area contributed by atoms with E-state index in [-0.39, 0.29) is 4.21 Å². The number of carbonyl (C=O) groups excluding carboxylic acids is 1. The van der Waals surface area contributed by atoms with Crippen LogP contribution in [0.5, 0.6) is 0 Å². The molecule has 0 spiro atoms. The molecule has 1 heterocycles.